The topological polar surface area (TPSA) is 25.8 Å². The van der Waals surface area contributed by atoms with Crippen molar-refractivity contribution in [2.24, 2.45) is 0 Å². The first-order valence-corrected chi connectivity index (χ1v) is 32.4. The molecule has 6 heteroatoms. The maximum absolute atomic E-state index is 8.46. The van der Waals surface area contributed by atoms with Gasteiger partial charge < -0.3 is 0 Å². The summed E-state index contributed by atoms with van der Waals surface area (Å²) in [5.41, 5.74) is 13.8. The SMILES string of the molecule is CC1=Cc2c(-c3ccc4ccccc4n3)cccc2[CH]1[Zr]([Cl])([Cl])([CH]1C(C)=Cc2c(-c3ccc4ccccc4n3)cccc21)[SiH](C)C. The summed E-state index contributed by atoms with van der Waals surface area (Å²) in [7, 11) is 16.9. The zero-order chi connectivity index (χ0) is 31.8. The summed E-state index contributed by atoms with van der Waals surface area (Å²) < 4.78 is 0.0715. The Balaban J connectivity index is 1.28. The number of benzene rings is 4. The standard InChI is InChI=1S/2C19H14N.C2H7Si.2ClH.Zr/c2*1-13-11-15-6-4-7-16(17(15)12-13)19-10-9-14-5-2-3-8-18(14)20-19;1-3-2;;;/h2*2-12H,1H3;3H,1-2H3;2*1H;/q;;;;;+2/p-2. The maximum atomic E-state index is 8.46. The van der Waals surface area contributed by atoms with Gasteiger partial charge in [-0.05, 0) is 0 Å². The molecule has 0 amide bonds. The van der Waals surface area contributed by atoms with Gasteiger partial charge in [-0.15, -0.1) is 0 Å². The molecule has 4 aromatic carbocycles. The number of allylic oxidation sites excluding steroid dienone is 2. The fourth-order valence-electron chi connectivity index (χ4n) is 8.28. The Labute approximate surface area is 279 Å². The Morgan fingerprint density at radius 2 is 0.978 bits per heavy atom. The molecule has 0 spiro atoms. The summed E-state index contributed by atoms with van der Waals surface area (Å²) in [5.74, 6) is -1.63. The second kappa shape index (κ2) is 11.0. The number of para-hydroxylation sites is 2. The third-order valence-electron chi connectivity index (χ3n) is 10.5. The van der Waals surface area contributed by atoms with E-state index in [1.807, 2.05) is 12.1 Å². The van der Waals surface area contributed by atoms with Crippen LogP contribution in [0.1, 0.15) is 43.4 Å². The van der Waals surface area contributed by atoms with Gasteiger partial charge in [-0.1, -0.05) is 0 Å². The summed E-state index contributed by atoms with van der Waals surface area (Å²) in [6.07, 6.45) is 4.71. The molecule has 227 valence electrons. The molecular weight excluding hydrogens is 699 g/mol. The number of fused-ring (bicyclic) bond motifs is 4. The van der Waals surface area contributed by atoms with Gasteiger partial charge in [0, 0.05) is 0 Å². The molecule has 0 saturated heterocycles. The van der Waals surface area contributed by atoms with Crippen molar-refractivity contribution in [2.75, 3.05) is 0 Å². The molecule has 2 aromatic heterocycles. The molecule has 2 heterocycles. The Hall–Kier alpha value is -3.14. The predicted octanol–water partition coefficient (Wildman–Crippen LogP) is 11.7. The average Bonchev–Trinajstić information content (AvgIpc) is 3.60. The number of hydrogen-bond donors (Lipinski definition) is 0. The van der Waals surface area contributed by atoms with E-state index in [0.717, 1.165) is 44.3 Å². The molecule has 2 aliphatic rings. The molecule has 8 rings (SSSR count). The van der Waals surface area contributed by atoms with Gasteiger partial charge >= 0.3 is 282 Å². The van der Waals surface area contributed by atoms with Crippen molar-refractivity contribution in [1.29, 1.82) is 0 Å². The fraction of sp³-hybridized carbons (Fsp3) is 0.150. The van der Waals surface area contributed by atoms with Crippen LogP contribution >= 0.6 is 17.0 Å². The van der Waals surface area contributed by atoms with Crippen LogP contribution in [0.3, 0.4) is 0 Å². The first-order chi connectivity index (χ1) is 22.1. The summed E-state index contributed by atoms with van der Waals surface area (Å²) >= 11 is -4.79. The van der Waals surface area contributed by atoms with Crippen LogP contribution < -0.4 is 0 Å². The Kier molecular flexibility index (Phi) is 7.20. The molecular formula is C40H35Cl2N2SiZr. The molecule has 6 aromatic rings. The van der Waals surface area contributed by atoms with Gasteiger partial charge in [-0.3, -0.25) is 0 Å². The van der Waals surface area contributed by atoms with Crippen LogP contribution in [-0.2, 0) is 15.6 Å². The quantitative estimate of drug-likeness (QED) is 0.165. The molecule has 2 aliphatic carbocycles. The molecule has 2 unspecified atom stereocenters. The van der Waals surface area contributed by atoms with Crippen LogP contribution in [0, 0.1) is 0 Å². The van der Waals surface area contributed by atoms with Crippen molar-refractivity contribution in [2.45, 2.75) is 34.2 Å². The predicted molar refractivity (Wildman–Crippen MR) is 198 cm³/mol. The van der Waals surface area contributed by atoms with E-state index in [0.29, 0.717) is 0 Å². The number of rotatable bonds is 5. The van der Waals surface area contributed by atoms with Crippen LogP contribution in [-0.4, -0.2) is 15.9 Å². The monoisotopic (exact) mass is 731 g/mol. The van der Waals surface area contributed by atoms with Gasteiger partial charge in [0.05, 0.1) is 0 Å². The van der Waals surface area contributed by atoms with Crippen molar-refractivity contribution in [3.8, 4) is 22.5 Å². The fourth-order valence-corrected chi connectivity index (χ4v) is 41.2. The Morgan fingerprint density at radius 3 is 1.41 bits per heavy atom. The van der Waals surface area contributed by atoms with Crippen LogP contribution in [0.5, 0.6) is 0 Å². The third-order valence-corrected chi connectivity index (χ3v) is 62.8. The zero-order valence-corrected chi connectivity index (χ0v) is 31.6. The molecule has 0 bridgehead atoms. The molecule has 0 fully saturated rings. The molecule has 0 saturated carbocycles. The average molecular weight is 734 g/mol. The third kappa shape index (κ3) is 4.44. The van der Waals surface area contributed by atoms with Gasteiger partial charge in [-0.25, -0.2) is 0 Å². The summed E-state index contributed by atoms with van der Waals surface area (Å²) in [6.45, 7) is 9.29. The number of pyridine rings is 2. The second-order valence-electron chi connectivity index (χ2n) is 13.4. The number of hydrogen-bond acceptors (Lipinski definition) is 2. The first-order valence-electron chi connectivity index (χ1n) is 16.1. The summed E-state index contributed by atoms with van der Waals surface area (Å²) in [5, 5.41) is 2.29. The molecule has 46 heavy (non-hydrogen) atoms. The van der Waals surface area contributed by atoms with E-state index in [1.54, 1.807) is 0 Å². The summed E-state index contributed by atoms with van der Waals surface area (Å²) in [4.78, 5) is 10.2. The Bertz CT molecular complexity index is 2130. The number of halogens is 2. The van der Waals surface area contributed by atoms with Crippen molar-refractivity contribution < 1.29 is 15.6 Å². The van der Waals surface area contributed by atoms with Crippen molar-refractivity contribution >= 4 is 56.9 Å². The van der Waals surface area contributed by atoms with E-state index >= 15 is 0 Å². The second-order valence-corrected chi connectivity index (χ2v) is 55.9. The van der Waals surface area contributed by atoms with Crippen molar-refractivity contribution in [3.05, 3.63) is 143 Å². The van der Waals surface area contributed by atoms with Gasteiger partial charge in [-0.2, -0.15) is 0 Å². The molecule has 2 nitrogen and oxygen atoms in total. The number of nitrogens with zero attached hydrogens (tertiary/aromatic N) is 2. The van der Waals surface area contributed by atoms with Gasteiger partial charge in [0.1, 0.15) is 0 Å². The van der Waals surface area contributed by atoms with Crippen LogP contribution in [0.4, 0.5) is 0 Å². The Morgan fingerprint density at radius 1 is 0.543 bits per heavy atom. The minimum atomic E-state index is -4.79. The zero-order valence-electron chi connectivity index (χ0n) is 26.4. The minimum absolute atomic E-state index is 0.0357. The van der Waals surface area contributed by atoms with E-state index < -0.39 is 21.5 Å². The van der Waals surface area contributed by atoms with E-state index in [9.17, 15) is 0 Å². The molecule has 0 radical (unpaired) electrons. The van der Waals surface area contributed by atoms with Gasteiger partial charge in [0.15, 0.2) is 0 Å². The van der Waals surface area contributed by atoms with Crippen molar-refractivity contribution in [3.63, 3.8) is 0 Å². The van der Waals surface area contributed by atoms with Gasteiger partial charge in [0.25, 0.3) is 0 Å². The summed E-state index contributed by atoms with van der Waals surface area (Å²) in [6, 6.07) is 38.5. The van der Waals surface area contributed by atoms with Crippen LogP contribution in [0.2, 0.25) is 13.1 Å². The van der Waals surface area contributed by atoms with E-state index in [-0.39, 0.29) is 7.25 Å². The molecule has 0 aliphatic heterocycles. The van der Waals surface area contributed by atoms with Crippen LogP contribution in [0.25, 0.3) is 56.5 Å². The van der Waals surface area contributed by atoms with Gasteiger partial charge in [0.2, 0.25) is 0 Å². The van der Waals surface area contributed by atoms with E-state index in [4.69, 9.17) is 27.0 Å². The molecule has 2 atom stereocenters. The van der Waals surface area contributed by atoms with Crippen molar-refractivity contribution in [1.82, 2.24) is 9.97 Å². The van der Waals surface area contributed by atoms with E-state index in [2.05, 4.69) is 136 Å². The molecule has 0 N–H and O–H groups in total. The number of aromatic nitrogens is 2. The normalized spacial score (nSPS) is 18.3. The first kappa shape index (κ1) is 30.2. The van der Waals surface area contributed by atoms with Crippen LogP contribution in [0.15, 0.2) is 120 Å². The van der Waals surface area contributed by atoms with E-state index in [1.165, 1.54) is 33.4 Å².